The van der Waals surface area contributed by atoms with E-state index in [1.807, 2.05) is 37.3 Å². The van der Waals surface area contributed by atoms with Gasteiger partial charge >= 0.3 is 0 Å². The van der Waals surface area contributed by atoms with Gasteiger partial charge in [0.1, 0.15) is 5.92 Å². The van der Waals surface area contributed by atoms with Gasteiger partial charge in [-0.3, -0.25) is 4.79 Å². The van der Waals surface area contributed by atoms with Crippen LogP contribution in [0.1, 0.15) is 24.8 Å². The highest BCUT2D eigenvalue weighted by Crippen LogP contribution is 2.17. The molecule has 0 radical (unpaired) electrons. The van der Waals surface area contributed by atoms with Gasteiger partial charge in [-0.2, -0.15) is 5.26 Å². The molecule has 0 aliphatic rings. The van der Waals surface area contributed by atoms with Crippen molar-refractivity contribution in [1.29, 1.82) is 5.26 Å². The molecule has 94 valence electrons. The van der Waals surface area contributed by atoms with Gasteiger partial charge in [0.15, 0.2) is 0 Å². The molecule has 0 aliphatic heterocycles. The first-order valence-electron chi connectivity index (χ1n) is 6.08. The largest absolute Gasteiger partial charge is 0.338 e. The average molecular weight is 242 g/mol. The first-order valence-corrected chi connectivity index (χ1v) is 6.08. The molecule has 0 aromatic heterocycles. The van der Waals surface area contributed by atoms with Crippen LogP contribution in [0.15, 0.2) is 43.0 Å². The highest BCUT2D eigenvalue weighted by molar-refractivity contribution is 5.86. The van der Waals surface area contributed by atoms with Crippen LogP contribution in [0.3, 0.4) is 0 Å². The normalized spacial score (nSPS) is 11.3. The van der Waals surface area contributed by atoms with Crippen molar-refractivity contribution in [3.8, 4) is 6.07 Å². The zero-order valence-electron chi connectivity index (χ0n) is 10.7. The second-order valence-corrected chi connectivity index (χ2v) is 4.05. The Kier molecular flexibility index (Phi) is 5.66. The van der Waals surface area contributed by atoms with Crippen molar-refractivity contribution in [3.63, 3.8) is 0 Å². The number of nitrogens with zero attached hydrogens (tertiary/aromatic N) is 2. The minimum absolute atomic E-state index is 0.148. The Bertz CT molecular complexity index is 434. The van der Waals surface area contributed by atoms with Crippen molar-refractivity contribution < 1.29 is 4.79 Å². The van der Waals surface area contributed by atoms with E-state index in [9.17, 15) is 10.1 Å². The number of carbonyl (C=O) groups excluding carboxylic acids is 1. The van der Waals surface area contributed by atoms with E-state index in [1.165, 1.54) is 0 Å². The number of hydrogen-bond acceptors (Lipinski definition) is 2. The van der Waals surface area contributed by atoms with E-state index in [-0.39, 0.29) is 5.91 Å². The number of amides is 1. The Hall–Kier alpha value is -2.08. The molecule has 1 aromatic rings. The lowest BCUT2D eigenvalue weighted by atomic mass is 9.99. The third kappa shape index (κ3) is 3.46. The smallest absolute Gasteiger partial charge is 0.244 e. The molecule has 0 N–H and O–H groups in total. The number of benzene rings is 1. The molecule has 1 unspecified atom stereocenters. The number of hydrogen-bond donors (Lipinski definition) is 0. The fraction of sp³-hybridized carbons (Fsp3) is 0.333. The van der Waals surface area contributed by atoms with Crippen LogP contribution in [-0.4, -0.2) is 23.9 Å². The standard InChI is InChI=1S/C15H18N2O/c1-3-10-17(11-4-2)15(18)14(12-16)13-8-6-5-7-9-13/h3,5-9,14H,1,4,10-11H2,2H3. The van der Waals surface area contributed by atoms with Crippen molar-refractivity contribution >= 4 is 5.91 Å². The van der Waals surface area contributed by atoms with Crippen LogP contribution in [-0.2, 0) is 4.79 Å². The molecule has 0 saturated carbocycles. The minimum Gasteiger partial charge on any atom is -0.338 e. The fourth-order valence-electron chi connectivity index (χ4n) is 1.82. The average Bonchev–Trinajstić information content (AvgIpc) is 2.40. The molecule has 1 atom stereocenters. The van der Waals surface area contributed by atoms with E-state index in [0.29, 0.717) is 13.1 Å². The molecule has 0 fully saturated rings. The quantitative estimate of drug-likeness (QED) is 0.720. The Labute approximate surface area is 108 Å². The van der Waals surface area contributed by atoms with Crippen LogP contribution in [0.5, 0.6) is 0 Å². The summed E-state index contributed by atoms with van der Waals surface area (Å²) < 4.78 is 0. The molecule has 0 spiro atoms. The number of nitriles is 1. The second-order valence-electron chi connectivity index (χ2n) is 4.05. The zero-order valence-corrected chi connectivity index (χ0v) is 10.7. The van der Waals surface area contributed by atoms with Crippen LogP contribution in [0, 0.1) is 11.3 Å². The van der Waals surface area contributed by atoms with Gasteiger partial charge in [0.2, 0.25) is 5.91 Å². The number of rotatable bonds is 6. The lowest BCUT2D eigenvalue weighted by Crippen LogP contribution is -2.35. The van der Waals surface area contributed by atoms with Gasteiger partial charge in [-0.05, 0) is 12.0 Å². The van der Waals surface area contributed by atoms with Crippen molar-refractivity contribution in [3.05, 3.63) is 48.6 Å². The first kappa shape index (κ1) is 14.0. The van der Waals surface area contributed by atoms with Crippen molar-refractivity contribution in [2.24, 2.45) is 0 Å². The molecule has 18 heavy (non-hydrogen) atoms. The topological polar surface area (TPSA) is 44.1 Å². The molecule has 3 nitrogen and oxygen atoms in total. The van der Waals surface area contributed by atoms with Crippen molar-refractivity contribution in [2.75, 3.05) is 13.1 Å². The van der Waals surface area contributed by atoms with Gasteiger partial charge in [0.25, 0.3) is 0 Å². The van der Waals surface area contributed by atoms with E-state index >= 15 is 0 Å². The third-order valence-electron chi connectivity index (χ3n) is 2.66. The Morgan fingerprint density at radius 2 is 2.17 bits per heavy atom. The third-order valence-corrected chi connectivity index (χ3v) is 2.66. The van der Waals surface area contributed by atoms with E-state index < -0.39 is 5.92 Å². The summed E-state index contributed by atoms with van der Waals surface area (Å²) in [5.74, 6) is -0.872. The molecule has 1 aromatic carbocycles. The summed E-state index contributed by atoms with van der Waals surface area (Å²) in [6, 6.07) is 11.3. The van der Waals surface area contributed by atoms with Gasteiger partial charge in [0.05, 0.1) is 6.07 Å². The molecule has 0 bridgehead atoms. The number of carbonyl (C=O) groups is 1. The maximum Gasteiger partial charge on any atom is 0.244 e. The van der Waals surface area contributed by atoms with E-state index in [2.05, 4.69) is 12.6 Å². The Morgan fingerprint density at radius 1 is 1.50 bits per heavy atom. The van der Waals surface area contributed by atoms with Gasteiger partial charge in [-0.25, -0.2) is 0 Å². The predicted octanol–water partition coefficient (Wildman–Crippen LogP) is 2.72. The van der Waals surface area contributed by atoms with Crippen LogP contribution in [0.25, 0.3) is 0 Å². The van der Waals surface area contributed by atoms with Crippen LogP contribution in [0.4, 0.5) is 0 Å². The summed E-state index contributed by atoms with van der Waals surface area (Å²) in [6.07, 6.45) is 2.56. The van der Waals surface area contributed by atoms with Crippen molar-refractivity contribution in [2.45, 2.75) is 19.3 Å². The summed E-state index contributed by atoms with van der Waals surface area (Å²) in [5, 5.41) is 9.21. The van der Waals surface area contributed by atoms with Gasteiger partial charge in [-0.15, -0.1) is 6.58 Å². The summed E-state index contributed by atoms with van der Waals surface area (Å²) in [4.78, 5) is 14.0. The van der Waals surface area contributed by atoms with Gasteiger partial charge in [0, 0.05) is 13.1 Å². The lowest BCUT2D eigenvalue weighted by Gasteiger charge is -2.23. The molecular weight excluding hydrogens is 224 g/mol. The minimum atomic E-state index is -0.724. The molecule has 0 aliphatic carbocycles. The molecule has 3 heteroatoms. The molecule has 0 heterocycles. The molecule has 1 amide bonds. The maximum absolute atomic E-state index is 12.3. The van der Waals surface area contributed by atoms with E-state index in [0.717, 1.165) is 12.0 Å². The van der Waals surface area contributed by atoms with Crippen LogP contribution in [0.2, 0.25) is 0 Å². The molecule has 0 saturated heterocycles. The Balaban J connectivity index is 2.91. The first-order chi connectivity index (χ1) is 8.74. The van der Waals surface area contributed by atoms with Crippen molar-refractivity contribution in [1.82, 2.24) is 4.90 Å². The van der Waals surface area contributed by atoms with E-state index in [1.54, 1.807) is 11.0 Å². The maximum atomic E-state index is 12.3. The zero-order chi connectivity index (χ0) is 13.4. The summed E-state index contributed by atoms with van der Waals surface area (Å²) in [5.41, 5.74) is 0.746. The predicted molar refractivity (Wildman–Crippen MR) is 71.9 cm³/mol. The highest BCUT2D eigenvalue weighted by Gasteiger charge is 2.24. The monoisotopic (exact) mass is 242 g/mol. The highest BCUT2D eigenvalue weighted by atomic mass is 16.2. The van der Waals surface area contributed by atoms with Crippen LogP contribution >= 0.6 is 0 Å². The van der Waals surface area contributed by atoms with E-state index in [4.69, 9.17) is 0 Å². The summed E-state index contributed by atoms with van der Waals surface area (Å²) >= 11 is 0. The van der Waals surface area contributed by atoms with Gasteiger partial charge < -0.3 is 4.90 Å². The lowest BCUT2D eigenvalue weighted by molar-refractivity contribution is -0.131. The summed E-state index contributed by atoms with van der Waals surface area (Å²) in [7, 11) is 0. The SMILES string of the molecule is C=CCN(CCC)C(=O)C(C#N)c1ccccc1. The van der Waals surface area contributed by atoms with Crippen LogP contribution < -0.4 is 0 Å². The molecule has 1 rings (SSSR count). The van der Waals surface area contributed by atoms with Gasteiger partial charge in [-0.1, -0.05) is 43.3 Å². The second kappa shape index (κ2) is 7.29. The molecular formula is C15H18N2O. The fourth-order valence-corrected chi connectivity index (χ4v) is 1.82. The Morgan fingerprint density at radius 3 is 2.67 bits per heavy atom. The summed E-state index contributed by atoms with van der Waals surface area (Å²) in [6.45, 7) is 6.79.